The molecule has 0 bridgehead atoms. The van der Waals surface area contributed by atoms with Crippen LogP contribution in [0.25, 0.3) is 0 Å². The van der Waals surface area contributed by atoms with Gasteiger partial charge in [0.15, 0.2) is 5.78 Å². The highest BCUT2D eigenvalue weighted by molar-refractivity contribution is 6.07. The van der Waals surface area contributed by atoms with Crippen molar-refractivity contribution in [3.63, 3.8) is 0 Å². The van der Waals surface area contributed by atoms with Gasteiger partial charge in [-0.15, -0.1) is 0 Å². The normalized spacial score (nSPS) is 20.4. The van der Waals surface area contributed by atoms with Crippen molar-refractivity contribution in [3.05, 3.63) is 48.9 Å². The SMILES string of the molecule is C=C/C=C\C(=C/C)NNC1C=NC=CC1=O. The van der Waals surface area contributed by atoms with Crippen LogP contribution in [-0.2, 0) is 4.79 Å². The standard InChI is InChI=1S/C12H15N3O/c1-3-5-6-10(4-2)14-15-11-9-13-8-7-12(11)16/h3-9,11,14-15H,1H2,2H3/b6-5-,10-4+. The maximum absolute atomic E-state index is 11.4. The number of allylic oxidation sites excluding steroid dienone is 4. The van der Waals surface area contributed by atoms with Gasteiger partial charge in [-0.2, -0.15) is 0 Å². The number of ketones is 1. The average molecular weight is 217 g/mol. The maximum atomic E-state index is 11.4. The molecule has 0 amide bonds. The van der Waals surface area contributed by atoms with Crippen molar-refractivity contribution in [3.8, 4) is 0 Å². The molecule has 0 spiro atoms. The molecule has 0 saturated heterocycles. The zero-order chi connectivity index (χ0) is 11.8. The molecule has 0 aromatic rings. The lowest BCUT2D eigenvalue weighted by Gasteiger charge is -2.15. The fraction of sp³-hybridized carbons (Fsp3) is 0.167. The second-order valence-corrected chi connectivity index (χ2v) is 3.10. The Morgan fingerprint density at radius 1 is 1.62 bits per heavy atom. The third kappa shape index (κ3) is 3.67. The van der Waals surface area contributed by atoms with Gasteiger partial charge in [0.05, 0.1) is 0 Å². The number of nitrogens with one attached hydrogen (secondary N) is 2. The first kappa shape index (κ1) is 12.1. The lowest BCUT2D eigenvalue weighted by molar-refractivity contribution is -0.115. The third-order valence-corrected chi connectivity index (χ3v) is 1.96. The topological polar surface area (TPSA) is 53.5 Å². The van der Waals surface area contributed by atoms with Crippen LogP contribution in [0.1, 0.15) is 6.92 Å². The van der Waals surface area contributed by atoms with Gasteiger partial charge in [-0.05, 0) is 13.0 Å². The van der Waals surface area contributed by atoms with E-state index in [1.807, 2.05) is 19.1 Å². The molecule has 0 fully saturated rings. The molecule has 2 N–H and O–H groups in total. The van der Waals surface area contributed by atoms with E-state index in [9.17, 15) is 4.79 Å². The number of rotatable bonds is 5. The number of aliphatic imine (C=N–C) groups is 1. The van der Waals surface area contributed by atoms with Gasteiger partial charge in [-0.25, -0.2) is 5.43 Å². The lowest BCUT2D eigenvalue weighted by atomic mass is 10.2. The summed E-state index contributed by atoms with van der Waals surface area (Å²) in [7, 11) is 0. The van der Waals surface area contributed by atoms with Crippen molar-refractivity contribution in [1.82, 2.24) is 10.9 Å². The molecule has 1 unspecified atom stereocenters. The van der Waals surface area contributed by atoms with Gasteiger partial charge in [0.25, 0.3) is 0 Å². The number of hydrogen-bond acceptors (Lipinski definition) is 4. The molecule has 0 aliphatic carbocycles. The van der Waals surface area contributed by atoms with E-state index in [2.05, 4.69) is 22.4 Å². The van der Waals surface area contributed by atoms with Crippen LogP contribution in [0.4, 0.5) is 0 Å². The minimum Gasteiger partial charge on any atom is -0.321 e. The highest BCUT2D eigenvalue weighted by Crippen LogP contribution is 1.95. The molecule has 1 rings (SSSR count). The predicted octanol–water partition coefficient (Wildman–Crippen LogP) is 1.26. The maximum Gasteiger partial charge on any atom is 0.181 e. The van der Waals surface area contributed by atoms with E-state index in [1.54, 1.807) is 18.4 Å². The predicted molar refractivity (Wildman–Crippen MR) is 65.8 cm³/mol. The number of carbonyl (C=O) groups excluding carboxylic acids is 1. The number of carbonyl (C=O) groups is 1. The molecule has 4 heteroatoms. The first-order chi connectivity index (χ1) is 7.77. The van der Waals surface area contributed by atoms with Crippen molar-refractivity contribution in [1.29, 1.82) is 0 Å². The van der Waals surface area contributed by atoms with Gasteiger partial charge < -0.3 is 5.43 Å². The smallest absolute Gasteiger partial charge is 0.181 e. The first-order valence-corrected chi connectivity index (χ1v) is 4.98. The fourth-order valence-corrected chi connectivity index (χ4v) is 1.08. The zero-order valence-electron chi connectivity index (χ0n) is 9.18. The van der Waals surface area contributed by atoms with Crippen LogP contribution in [0.15, 0.2) is 53.8 Å². The van der Waals surface area contributed by atoms with E-state index >= 15 is 0 Å². The second kappa shape index (κ2) is 6.53. The van der Waals surface area contributed by atoms with Crippen molar-refractivity contribution in [2.75, 3.05) is 0 Å². The van der Waals surface area contributed by atoms with E-state index in [1.165, 1.54) is 12.3 Å². The summed E-state index contributed by atoms with van der Waals surface area (Å²) in [6, 6.07) is -0.419. The van der Waals surface area contributed by atoms with Gasteiger partial charge in [-0.3, -0.25) is 9.79 Å². The molecule has 1 aliphatic rings. The summed E-state index contributed by atoms with van der Waals surface area (Å²) in [5, 5.41) is 0. The van der Waals surface area contributed by atoms with Gasteiger partial charge in [0, 0.05) is 24.2 Å². The highest BCUT2D eigenvalue weighted by Gasteiger charge is 2.14. The molecule has 0 aromatic heterocycles. The zero-order valence-corrected chi connectivity index (χ0v) is 9.18. The minimum absolute atomic E-state index is 0.0225. The molecule has 0 saturated carbocycles. The monoisotopic (exact) mass is 217 g/mol. The molecular formula is C12H15N3O. The van der Waals surface area contributed by atoms with Crippen LogP contribution in [-0.4, -0.2) is 18.0 Å². The Morgan fingerprint density at radius 2 is 2.44 bits per heavy atom. The summed E-state index contributed by atoms with van der Waals surface area (Å²) < 4.78 is 0. The Morgan fingerprint density at radius 3 is 3.06 bits per heavy atom. The third-order valence-electron chi connectivity index (χ3n) is 1.96. The van der Waals surface area contributed by atoms with Gasteiger partial charge in [0.1, 0.15) is 6.04 Å². The molecule has 1 heterocycles. The molecular weight excluding hydrogens is 202 g/mol. The lowest BCUT2D eigenvalue weighted by Crippen LogP contribution is -2.45. The minimum atomic E-state index is -0.419. The Hall–Kier alpha value is -1.94. The van der Waals surface area contributed by atoms with Gasteiger partial charge in [-0.1, -0.05) is 24.8 Å². The Kier molecular flexibility index (Phi) is 4.95. The van der Waals surface area contributed by atoms with Gasteiger partial charge >= 0.3 is 0 Å². The molecule has 1 atom stereocenters. The van der Waals surface area contributed by atoms with E-state index in [-0.39, 0.29) is 5.78 Å². The average Bonchev–Trinajstić information content (AvgIpc) is 2.31. The fourth-order valence-electron chi connectivity index (χ4n) is 1.08. The summed E-state index contributed by atoms with van der Waals surface area (Å²) in [4.78, 5) is 15.3. The number of hydrogen-bond donors (Lipinski definition) is 2. The molecule has 0 aromatic carbocycles. The van der Waals surface area contributed by atoms with Crippen molar-refractivity contribution in [2.45, 2.75) is 13.0 Å². The van der Waals surface area contributed by atoms with Crippen LogP contribution >= 0.6 is 0 Å². The Labute approximate surface area is 95.1 Å². The van der Waals surface area contributed by atoms with E-state index in [4.69, 9.17) is 0 Å². The summed E-state index contributed by atoms with van der Waals surface area (Å²) in [6.07, 6.45) is 11.7. The Balaban J connectivity index is 2.47. The van der Waals surface area contributed by atoms with Gasteiger partial charge in [0.2, 0.25) is 0 Å². The van der Waals surface area contributed by atoms with E-state index < -0.39 is 6.04 Å². The van der Waals surface area contributed by atoms with E-state index in [0.717, 1.165) is 5.70 Å². The van der Waals surface area contributed by atoms with Crippen LogP contribution in [0, 0.1) is 0 Å². The van der Waals surface area contributed by atoms with Crippen LogP contribution < -0.4 is 10.9 Å². The summed E-state index contributed by atoms with van der Waals surface area (Å²) in [5.41, 5.74) is 6.67. The summed E-state index contributed by atoms with van der Waals surface area (Å²) in [6.45, 7) is 5.48. The van der Waals surface area contributed by atoms with Crippen LogP contribution in [0.5, 0.6) is 0 Å². The first-order valence-electron chi connectivity index (χ1n) is 4.98. The molecule has 1 aliphatic heterocycles. The molecule has 84 valence electrons. The summed E-state index contributed by atoms with van der Waals surface area (Å²) in [5.74, 6) is -0.0225. The van der Waals surface area contributed by atoms with Crippen LogP contribution in [0.2, 0.25) is 0 Å². The van der Waals surface area contributed by atoms with Crippen molar-refractivity contribution < 1.29 is 4.79 Å². The molecule has 0 radical (unpaired) electrons. The molecule has 4 nitrogen and oxygen atoms in total. The van der Waals surface area contributed by atoms with E-state index in [0.29, 0.717) is 0 Å². The number of hydrazine groups is 1. The highest BCUT2D eigenvalue weighted by atomic mass is 16.1. The Bertz CT molecular complexity index is 378. The largest absolute Gasteiger partial charge is 0.321 e. The van der Waals surface area contributed by atoms with Crippen molar-refractivity contribution in [2.24, 2.45) is 4.99 Å². The van der Waals surface area contributed by atoms with Crippen molar-refractivity contribution >= 4 is 12.0 Å². The number of nitrogens with zero attached hydrogens (tertiary/aromatic N) is 1. The second-order valence-electron chi connectivity index (χ2n) is 3.10. The quantitative estimate of drug-likeness (QED) is 0.538. The summed E-state index contributed by atoms with van der Waals surface area (Å²) >= 11 is 0. The molecule has 16 heavy (non-hydrogen) atoms. The van der Waals surface area contributed by atoms with Crippen LogP contribution in [0.3, 0.4) is 0 Å².